The van der Waals surface area contributed by atoms with E-state index in [0.717, 1.165) is 43.8 Å². The standard InChI is InChI=1S/C24H35FN7O2PS/c1-4-17(11-12-34-2)32-22-21(29-24(32)28-20-10-9-18(35)13-19(20)25)14-26-23(30-22)27-15-5-7-16(8-6-15)31-36(3)33/h9-10,13-17,31H,4-8,11-12,35H2,1-3H3,(H,28,29)(H,26,27,30). The van der Waals surface area contributed by atoms with Crippen LogP contribution < -0.4 is 20.7 Å². The quantitative estimate of drug-likeness (QED) is 0.321. The van der Waals surface area contributed by atoms with Gasteiger partial charge in [-0.25, -0.2) is 23.3 Å². The number of hydrogen-bond donors (Lipinski definition) is 3. The fourth-order valence-electron chi connectivity index (χ4n) is 4.69. The number of methoxy groups -OCH3 is 1. The molecule has 36 heavy (non-hydrogen) atoms. The number of anilines is 3. The molecule has 3 aromatic rings. The fraction of sp³-hybridized carbons (Fsp3) is 0.542. The van der Waals surface area contributed by atoms with Gasteiger partial charge in [0.25, 0.3) is 0 Å². The van der Waals surface area contributed by atoms with Gasteiger partial charge in [-0.1, -0.05) is 13.0 Å². The lowest BCUT2D eigenvalue weighted by atomic mass is 9.92. The summed E-state index contributed by atoms with van der Waals surface area (Å²) in [6.45, 7) is 2.69. The summed E-state index contributed by atoms with van der Waals surface area (Å²) >= 11 is 0. The lowest BCUT2D eigenvalue weighted by Crippen LogP contribution is -2.37. The van der Waals surface area contributed by atoms with Crippen LogP contribution in [0.1, 0.15) is 51.5 Å². The van der Waals surface area contributed by atoms with Crippen molar-refractivity contribution in [3.63, 3.8) is 0 Å². The van der Waals surface area contributed by atoms with Crippen molar-refractivity contribution in [2.24, 2.45) is 0 Å². The second-order valence-electron chi connectivity index (χ2n) is 9.18. The summed E-state index contributed by atoms with van der Waals surface area (Å²) in [6.07, 6.45) is 8.76. The van der Waals surface area contributed by atoms with Crippen molar-refractivity contribution in [1.29, 1.82) is 0 Å². The van der Waals surface area contributed by atoms with Gasteiger partial charge < -0.3 is 15.4 Å². The van der Waals surface area contributed by atoms with E-state index >= 15 is 0 Å². The molecular weight excluding hydrogens is 500 g/mol. The number of aromatic nitrogens is 4. The lowest BCUT2D eigenvalue weighted by molar-refractivity contribution is 0.178. The van der Waals surface area contributed by atoms with Crippen LogP contribution in [-0.4, -0.2) is 55.8 Å². The van der Waals surface area contributed by atoms with E-state index in [0.29, 0.717) is 35.4 Å². The lowest BCUT2D eigenvalue weighted by Gasteiger charge is -2.29. The number of nitrogens with zero attached hydrogens (tertiary/aromatic N) is 4. The maximum absolute atomic E-state index is 14.6. The van der Waals surface area contributed by atoms with E-state index in [2.05, 4.69) is 36.5 Å². The highest BCUT2D eigenvalue weighted by atomic mass is 32.2. The zero-order chi connectivity index (χ0) is 25.7. The molecule has 2 heterocycles. The third kappa shape index (κ3) is 6.56. The minimum atomic E-state index is -0.999. The van der Waals surface area contributed by atoms with E-state index in [1.807, 2.05) is 10.6 Å². The third-order valence-electron chi connectivity index (χ3n) is 6.56. The van der Waals surface area contributed by atoms with E-state index in [9.17, 15) is 8.60 Å². The summed E-state index contributed by atoms with van der Waals surface area (Å²) in [4.78, 5) is 14.1. The van der Waals surface area contributed by atoms with Crippen molar-refractivity contribution in [2.45, 2.75) is 63.6 Å². The van der Waals surface area contributed by atoms with Crippen LogP contribution in [0.15, 0.2) is 24.4 Å². The first-order valence-electron chi connectivity index (χ1n) is 12.3. The van der Waals surface area contributed by atoms with Gasteiger partial charge in [-0.05, 0) is 56.0 Å². The predicted octanol–water partition coefficient (Wildman–Crippen LogP) is 3.80. The predicted molar refractivity (Wildman–Crippen MR) is 147 cm³/mol. The van der Waals surface area contributed by atoms with Crippen LogP contribution in [0, 0.1) is 5.82 Å². The number of imidazole rings is 1. The molecule has 0 spiro atoms. The number of ether oxygens (including phenoxy) is 1. The fourth-order valence-corrected chi connectivity index (χ4v) is 5.64. The molecule has 0 amide bonds. The second kappa shape index (κ2) is 12.4. The van der Waals surface area contributed by atoms with Crippen LogP contribution in [-0.2, 0) is 15.7 Å². The first-order valence-corrected chi connectivity index (χ1v) is 14.4. The van der Waals surface area contributed by atoms with Gasteiger partial charge in [0.15, 0.2) is 5.65 Å². The minimum Gasteiger partial charge on any atom is -0.385 e. The second-order valence-corrected chi connectivity index (χ2v) is 11.0. The Labute approximate surface area is 216 Å². The van der Waals surface area contributed by atoms with Crippen LogP contribution >= 0.6 is 9.24 Å². The number of rotatable bonds is 11. The zero-order valence-electron chi connectivity index (χ0n) is 21.0. The maximum Gasteiger partial charge on any atom is 0.224 e. The molecular formula is C24H35FN7O2PS. The molecule has 0 bridgehead atoms. The van der Waals surface area contributed by atoms with Crippen molar-refractivity contribution in [1.82, 2.24) is 24.2 Å². The SMILES string of the molecule is CCC(CCOC)n1c(Nc2ccc(P)cc2F)nc2cnc(NC3CCC(NS(C)=O)CC3)nc21. The Bertz CT molecular complexity index is 1200. The monoisotopic (exact) mass is 535 g/mol. The van der Waals surface area contributed by atoms with Crippen LogP contribution in [0.25, 0.3) is 11.2 Å². The Balaban J connectivity index is 1.62. The number of benzene rings is 1. The van der Waals surface area contributed by atoms with Gasteiger partial charge >= 0.3 is 0 Å². The molecule has 3 unspecified atom stereocenters. The molecule has 3 atom stereocenters. The topological polar surface area (TPSA) is 106 Å². The van der Waals surface area contributed by atoms with Gasteiger partial charge in [0, 0.05) is 38.1 Å². The van der Waals surface area contributed by atoms with Crippen LogP contribution in [0.3, 0.4) is 0 Å². The van der Waals surface area contributed by atoms with Gasteiger partial charge in [0.05, 0.1) is 22.9 Å². The normalized spacial score (nSPS) is 19.8. The summed E-state index contributed by atoms with van der Waals surface area (Å²) in [5, 5.41) is 7.42. The van der Waals surface area contributed by atoms with E-state index < -0.39 is 11.0 Å². The molecule has 1 aliphatic carbocycles. The molecule has 12 heteroatoms. The van der Waals surface area contributed by atoms with E-state index in [-0.39, 0.29) is 23.9 Å². The largest absolute Gasteiger partial charge is 0.385 e. The van der Waals surface area contributed by atoms with Gasteiger partial charge in [-0.3, -0.25) is 4.57 Å². The average Bonchev–Trinajstić information content (AvgIpc) is 3.19. The molecule has 1 aliphatic rings. The molecule has 9 nitrogen and oxygen atoms in total. The number of nitrogens with one attached hydrogen (secondary N) is 3. The smallest absolute Gasteiger partial charge is 0.224 e. The molecule has 1 aromatic carbocycles. The third-order valence-corrected chi connectivity index (χ3v) is 7.58. The Morgan fingerprint density at radius 3 is 2.67 bits per heavy atom. The number of halogens is 1. The Morgan fingerprint density at radius 1 is 1.25 bits per heavy atom. The van der Waals surface area contributed by atoms with Crippen molar-refractivity contribution >= 4 is 54.3 Å². The summed E-state index contributed by atoms with van der Waals surface area (Å²) in [5.74, 6) is 0.719. The summed E-state index contributed by atoms with van der Waals surface area (Å²) in [6, 6.07) is 5.58. The van der Waals surface area contributed by atoms with Crippen LogP contribution in [0.5, 0.6) is 0 Å². The van der Waals surface area contributed by atoms with Gasteiger partial charge in [-0.15, -0.1) is 9.24 Å². The van der Waals surface area contributed by atoms with Gasteiger partial charge in [-0.2, -0.15) is 4.98 Å². The molecule has 196 valence electrons. The van der Waals surface area contributed by atoms with Crippen molar-refractivity contribution < 1.29 is 13.3 Å². The van der Waals surface area contributed by atoms with E-state index in [1.54, 1.807) is 25.6 Å². The number of hydrogen-bond acceptors (Lipinski definition) is 7. The van der Waals surface area contributed by atoms with Crippen molar-refractivity contribution in [3.8, 4) is 0 Å². The maximum atomic E-state index is 14.6. The average molecular weight is 536 g/mol. The van der Waals surface area contributed by atoms with E-state index in [4.69, 9.17) is 14.7 Å². The first-order chi connectivity index (χ1) is 17.4. The Hall–Kier alpha value is -2.20. The van der Waals surface area contributed by atoms with Crippen LogP contribution in [0.4, 0.5) is 22.0 Å². The van der Waals surface area contributed by atoms with Gasteiger partial charge in [0.2, 0.25) is 11.9 Å². The highest BCUT2D eigenvalue weighted by Gasteiger charge is 2.24. The number of fused-ring (bicyclic) bond motifs is 1. The zero-order valence-corrected chi connectivity index (χ0v) is 22.9. The van der Waals surface area contributed by atoms with Gasteiger partial charge in [0.1, 0.15) is 11.3 Å². The summed E-state index contributed by atoms with van der Waals surface area (Å²) in [7, 11) is 3.19. The molecule has 3 N–H and O–H groups in total. The highest BCUT2D eigenvalue weighted by molar-refractivity contribution is 7.82. The molecule has 4 rings (SSSR count). The molecule has 0 saturated heterocycles. The summed E-state index contributed by atoms with van der Waals surface area (Å²) < 4.78 is 36.6. The molecule has 0 radical (unpaired) electrons. The Kier molecular flexibility index (Phi) is 9.22. The van der Waals surface area contributed by atoms with Crippen molar-refractivity contribution in [2.75, 3.05) is 30.6 Å². The first kappa shape index (κ1) is 26.9. The van der Waals surface area contributed by atoms with E-state index in [1.165, 1.54) is 6.07 Å². The minimum absolute atomic E-state index is 0.0562. The highest BCUT2D eigenvalue weighted by Crippen LogP contribution is 2.31. The van der Waals surface area contributed by atoms with Crippen LogP contribution in [0.2, 0.25) is 0 Å². The van der Waals surface area contributed by atoms with Crippen molar-refractivity contribution in [3.05, 3.63) is 30.2 Å². The Morgan fingerprint density at radius 2 is 2.00 bits per heavy atom. The summed E-state index contributed by atoms with van der Waals surface area (Å²) in [5.41, 5.74) is 1.68. The molecule has 1 fully saturated rings. The molecule has 0 aliphatic heterocycles. The molecule has 2 aromatic heterocycles. The molecule has 1 saturated carbocycles.